The standard InChI is InChI=1S/C18H26N2O4/c1-18(2,3)15-8-7-13(12-16(15)20(23)24)17(22)19-10-5-4-6-14(19)9-11-21/h7-8,12,14,21H,4-6,9-11H2,1-3H3. The van der Waals surface area contributed by atoms with E-state index in [0.29, 0.717) is 24.1 Å². The minimum absolute atomic E-state index is 0.0101. The zero-order valence-electron chi connectivity index (χ0n) is 14.6. The number of hydrogen-bond acceptors (Lipinski definition) is 4. The molecule has 0 bridgehead atoms. The average Bonchev–Trinajstić information content (AvgIpc) is 2.53. The van der Waals surface area contributed by atoms with Gasteiger partial charge in [0.1, 0.15) is 0 Å². The fraction of sp³-hybridized carbons (Fsp3) is 0.611. The average molecular weight is 334 g/mol. The van der Waals surface area contributed by atoms with Crippen molar-refractivity contribution in [2.75, 3.05) is 13.2 Å². The second kappa shape index (κ2) is 7.30. The van der Waals surface area contributed by atoms with E-state index in [1.54, 1.807) is 17.0 Å². The molecule has 1 heterocycles. The molecule has 1 aromatic rings. The summed E-state index contributed by atoms with van der Waals surface area (Å²) in [6.45, 7) is 6.42. The smallest absolute Gasteiger partial charge is 0.273 e. The number of likely N-dealkylation sites (tertiary alicyclic amines) is 1. The maximum Gasteiger partial charge on any atom is 0.273 e. The zero-order chi connectivity index (χ0) is 17.9. The molecule has 1 unspecified atom stereocenters. The van der Waals surface area contributed by atoms with Gasteiger partial charge in [-0.2, -0.15) is 0 Å². The molecule has 1 saturated heterocycles. The highest BCUT2D eigenvalue weighted by Crippen LogP contribution is 2.32. The van der Waals surface area contributed by atoms with Crippen molar-refractivity contribution in [3.05, 3.63) is 39.4 Å². The third-order valence-electron chi connectivity index (χ3n) is 4.60. The Kier molecular flexibility index (Phi) is 5.59. The van der Waals surface area contributed by atoms with E-state index in [0.717, 1.165) is 19.3 Å². The number of amides is 1. The van der Waals surface area contributed by atoms with E-state index in [-0.39, 0.29) is 29.7 Å². The largest absolute Gasteiger partial charge is 0.396 e. The molecule has 0 spiro atoms. The highest BCUT2D eigenvalue weighted by Gasteiger charge is 2.30. The normalized spacial score (nSPS) is 18.5. The molecule has 0 aliphatic carbocycles. The van der Waals surface area contributed by atoms with Gasteiger partial charge in [0.25, 0.3) is 11.6 Å². The molecule has 1 amide bonds. The van der Waals surface area contributed by atoms with Crippen LogP contribution in [0.3, 0.4) is 0 Å². The van der Waals surface area contributed by atoms with Crippen molar-refractivity contribution >= 4 is 11.6 Å². The maximum atomic E-state index is 12.8. The quantitative estimate of drug-likeness (QED) is 0.676. The van der Waals surface area contributed by atoms with Gasteiger partial charge < -0.3 is 10.0 Å². The van der Waals surface area contributed by atoms with Crippen molar-refractivity contribution in [2.24, 2.45) is 0 Å². The molecule has 132 valence electrons. The summed E-state index contributed by atoms with van der Waals surface area (Å²) in [7, 11) is 0. The van der Waals surface area contributed by atoms with Crippen LogP contribution in [0, 0.1) is 10.1 Å². The van der Waals surface area contributed by atoms with Crippen molar-refractivity contribution in [3.8, 4) is 0 Å². The summed E-state index contributed by atoms with van der Waals surface area (Å²) in [5.41, 5.74) is 0.590. The van der Waals surface area contributed by atoms with E-state index in [4.69, 9.17) is 0 Å². The number of carbonyl (C=O) groups excluding carboxylic acids is 1. The minimum atomic E-state index is -0.418. The molecule has 24 heavy (non-hydrogen) atoms. The van der Waals surface area contributed by atoms with Crippen molar-refractivity contribution in [3.63, 3.8) is 0 Å². The molecule has 1 N–H and O–H groups in total. The molecule has 6 heteroatoms. The van der Waals surface area contributed by atoms with E-state index in [1.807, 2.05) is 20.8 Å². The predicted molar refractivity (Wildman–Crippen MR) is 92.2 cm³/mol. The number of aliphatic hydroxyl groups is 1. The van der Waals surface area contributed by atoms with E-state index in [9.17, 15) is 20.0 Å². The molecule has 6 nitrogen and oxygen atoms in total. The number of aliphatic hydroxyl groups excluding tert-OH is 1. The van der Waals surface area contributed by atoms with Crippen LogP contribution in [-0.2, 0) is 5.41 Å². The molecule has 0 saturated carbocycles. The lowest BCUT2D eigenvalue weighted by molar-refractivity contribution is -0.386. The molecule has 0 aromatic heterocycles. The third-order valence-corrected chi connectivity index (χ3v) is 4.60. The Balaban J connectivity index is 2.35. The van der Waals surface area contributed by atoms with Crippen LogP contribution in [0.15, 0.2) is 18.2 Å². The van der Waals surface area contributed by atoms with Crippen LogP contribution in [0.2, 0.25) is 0 Å². The highest BCUT2D eigenvalue weighted by molar-refractivity contribution is 5.95. The fourth-order valence-electron chi connectivity index (χ4n) is 3.33. The second-order valence-electron chi connectivity index (χ2n) is 7.40. The SMILES string of the molecule is CC(C)(C)c1ccc(C(=O)N2CCCCC2CCO)cc1[N+](=O)[O-]. The van der Waals surface area contributed by atoms with E-state index >= 15 is 0 Å². The lowest BCUT2D eigenvalue weighted by Gasteiger charge is -2.35. The molecule has 1 aromatic carbocycles. The van der Waals surface area contributed by atoms with Gasteiger partial charge in [0.2, 0.25) is 0 Å². The minimum Gasteiger partial charge on any atom is -0.396 e. The van der Waals surface area contributed by atoms with E-state index in [2.05, 4.69) is 0 Å². The topological polar surface area (TPSA) is 83.7 Å². The number of carbonyl (C=O) groups is 1. The van der Waals surface area contributed by atoms with Gasteiger partial charge in [-0.15, -0.1) is 0 Å². The first-order chi connectivity index (χ1) is 11.3. The summed E-state index contributed by atoms with van der Waals surface area (Å²) in [6.07, 6.45) is 3.38. The molecular weight excluding hydrogens is 308 g/mol. The van der Waals surface area contributed by atoms with Gasteiger partial charge in [-0.05, 0) is 37.2 Å². The second-order valence-corrected chi connectivity index (χ2v) is 7.40. The molecular formula is C18H26N2O4. The van der Waals surface area contributed by atoms with Gasteiger partial charge in [-0.3, -0.25) is 14.9 Å². The van der Waals surface area contributed by atoms with Gasteiger partial charge in [-0.1, -0.05) is 26.8 Å². The summed E-state index contributed by atoms with van der Waals surface area (Å²) < 4.78 is 0. The Bertz CT molecular complexity index is 620. The first-order valence-electron chi connectivity index (χ1n) is 8.46. The molecule has 1 aliphatic rings. The Morgan fingerprint density at radius 1 is 1.38 bits per heavy atom. The highest BCUT2D eigenvalue weighted by atomic mass is 16.6. The summed E-state index contributed by atoms with van der Waals surface area (Å²) in [4.78, 5) is 25.6. The fourth-order valence-corrected chi connectivity index (χ4v) is 3.33. The van der Waals surface area contributed by atoms with Crippen LogP contribution in [0.1, 0.15) is 62.4 Å². The van der Waals surface area contributed by atoms with E-state index in [1.165, 1.54) is 6.07 Å². The number of piperidine rings is 1. The van der Waals surface area contributed by atoms with Gasteiger partial charge in [0.05, 0.1) is 4.92 Å². The van der Waals surface area contributed by atoms with Crippen molar-refractivity contribution in [1.82, 2.24) is 4.90 Å². The molecule has 1 aliphatic heterocycles. The van der Waals surface area contributed by atoms with Crippen LogP contribution >= 0.6 is 0 Å². The van der Waals surface area contributed by atoms with Gasteiger partial charge >= 0.3 is 0 Å². The van der Waals surface area contributed by atoms with Crippen molar-refractivity contribution < 1.29 is 14.8 Å². The van der Waals surface area contributed by atoms with Crippen molar-refractivity contribution in [2.45, 2.75) is 57.9 Å². The van der Waals surface area contributed by atoms with Crippen LogP contribution in [0.4, 0.5) is 5.69 Å². The van der Waals surface area contributed by atoms with Gasteiger partial charge in [0.15, 0.2) is 0 Å². The lowest BCUT2D eigenvalue weighted by Crippen LogP contribution is -2.44. The first kappa shape index (κ1) is 18.4. The number of nitro benzene ring substituents is 1. The number of rotatable bonds is 4. The molecule has 0 radical (unpaired) electrons. The zero-order valence-corrected chi connectivity index (χ0v) is 14.6. The van der Waals surface area contributed by atoms with Crippen LogP contribution < -0.4 is 0 Å². The first-order valence-corrected chi connectivity index (χ1v) is 8.46. The maximum absolute atomic E-state index is 12.8. The van der Waals surface area contributed by atoms with E-state index < -0.39 is 4.92 Å². The van der Waals surface area contributed by atoms with Crippen LogP contribution in [-0.4, -0.2) is 40.0 Å². The Hall–Kier alpha value is -1.95. The third kappa shape index (κ3) is 3.93. The Labute approximate surface area is 142 Å². The summed E-state index contributed by atoms with van der Waals surface area (Å²) >= 11 is 0. The molecule has 2 rings (SSSR count). The summed E-state index contributed by atoms with van der Waals surface area (Å²) in [5.74, 6) is -0.184. The Morgan fingerprint density at radius 2 is 2.08 bits per heavy atom. The number of nitrogens with zero attached hydrogens (tertiary/aromatic N) is 2. The number of hydrogen-bond donors (Lipinski definition) is 1. The summed E-state index contributed by atoms with van der Waals surface area (Å²) in [5, 5.41) is 20.6. The van der Waals surface area contributed by atoms with Crippen LogP contribution in [0.5, 0.6) is 0 Å². The van der Waals surface area contributed by atoms with Crippen molar-refractivity contribution in [1.29, 1.82) is 0 Å². The van der Waals surface area contributed by atoms with Gasteiger partial charge in [0, 0.05) is 36.4 Å². The lowest BCUT2D eigenvalue weighted by atomic mass is 9.85. The van der Waals surface area contributed by atoms with Crippen LogP contribution in [0.25, 0.3) is 0 Å². The number of nitro groups is 1. The monoisotopic (exact) mass is 334 g/mol. The Morgan fingerprint density at radius 3 is 2.67 bits per heavy atom. The van der Waals surface area contributed by atoms with Gasteiger partial charge in [-0.25, -0.2) is 0 Å². The molecule has 1 atom stereocenters. The number of benzene rings is 1. The summed E-state index contributed by atoms with van der Waals surface area (Å²) in [6, 6.07) is 4.78. The molecule has 1 fully saturated rings. The predicted octanol–water partition coefficient (Wildman–Crippen LogP) is 3.27.